The van der Waals surface area contributed by atoms with Crippen LogP contribution in [0.5, 0.6) is 0 Å². The van der Waals surface area contributed by atoms with Crippen LogP contribution in [0.15, 0.2) is 64.2 Å². The molecule has 0 bridgehead atoms. The zero-order valence-electron chi connectivity index (χ0n) is 18.2. The molecule has 3 heterocycles. The minimum absolute atomic E-state index is 0.333. The van der Waals surface area contributed by atoms with Crippen molar-refractivity contribution in [2.24, 2.45) is 0 Å². The summed E-state index contributed by atoms with van der Waals surface area (Å²) in [6, 6.07) is 19.9. The lowest BCUT2D eigenvalue weighted by atomic mass is 10.1. The first-order valence-electron chi connectivity index (χ1n) is 11.0. The van der Waals surface area contributed by atoms with E-state index >= 15 is 0 Å². The number of nitrogens with one attached hydrogen (secondary N) is 1. The Labute approximate surface area is 194 Å². The second-order valence-electron chi connectivity index (χ2n) is 8.00. The third-order valence-corrected chi connectivity index (χ3v) is 7.36. The number of anilines is 2. The summed E-state index contributed by atoms with van der Waals surface area (Å²) in [5.41, 5.74) is 2.59. The molecule has 8 heteroatoms. The van der Waals surface area contributed by atoms with Crippen molar-refractivity contribution in [2.45, 2.75) is 13.3 Å². The lowest BCUT2D eigenvalue weighted by Crippen LogP contribution is -2.46. The van der Waals surface area contributed by atoms with E-state index in [1.807, 2.05) is 30.3 Å². The number of thiophene rings is 1. The van der Waals surface area contributed by atoms with Gasteiger partial charge in [-0.15, -0.1) is 11.3 Å². The van der Waals surface area contributed by atoms with Crippen molar-refractivity contribution >= 4 is 32.2 Å². The van der Waals surface area contributed by atoms with E-state index in [-0.39, 0.29) is 0 Å². The number of nitriles is 1. The minimum Gasteiger partial charge on any atom is -0.368 e. The summed E-state index contributed by atoms with van der Waals surface area (Å²) in [5, 5.41) is 10.6. The summed E-state index contributed by atoms with van der Waals surface area (Å²) in [4.78, 5) is 33.4. The van der Waals surface area contributed by atoms with Crippen LogP contribution in [0.25, 0.3) is 15.9 Å². The maximum atomic E-state index is 13.3. The van der Waals surface area contributed by atoms with Gasteiger partial charge >= 0.3 is 5.69 Å². The van der Waals surface area contributed by atoms with Crippen molar-refractivity contribution in [1.82, 2.24) is 9.55 Å². The van der Waals surface area contributed by atoms with Gasteiger partial charge in [0.2, 0.25) is 0 Å². The number of nitrogens with zero attached hydrogens (tertiary/aromatic N) is 4. The van der Waals surface area contributed by atoms with Crippen LogP contribution in [-0.2, 0) is 6.42 Å². The number of aryl methyl sites for hydroxylation is 1. The zero-order chi connectivity index (χ0) is 22.9. The molecule has 4 aromatic rings. The number of piperazine rings is 1. The van der Waals surface area contributed by atoms with Crippen LogP contribution >= 0.6 is 11.3 Å². The molecule has 166 valence electrons. The molecule has 33 heavy (non-hydrogen) atoms. The summed E-state index contributed by atoms with van der Waals surface area (Å²) < 4.78 is 1.54. The summed E-state index contributed by atoms with van der Waals surface area (Å²) >= 11 is 1.29. The van der Waals surface area contributed by atoms with Crippen LogP contribution in [0.4, 0.5) is 10.7 Å². The smallest absolute Gasteiger partial charge is 0.333 e. The third kappa shape index (κ3) is 3.70. The highest BCUT2D eigenvalue weighted by Crippen LogP contribution is 2.35. The van der Waals surface area contributed by atoms with Gasteiger partial charge in [0, 0.05) is 31.9 Å². The van der Waals surface area contributed by atoms with E-state index in [1.165, 1.54) is 17.0 Å². The number of rotatable bonds is 4. The minimum atomic E-state index is -0.536. The number of aromatic amines is 1. The van der Waals surface area contributed by atoms with Crippen molar-refractivity contribution in [2.75, 3.05) is 36.0 Å². The van der Waals surface area contributed by atoms with Crippen LogP contribution in [0.1, 0.15) is 18.1 Å². The average Bonchev–Trinajstić information content (AvgIpc) is 3.23. The Balaban J connectivity index is 1.52. The molecule has 0 saturated carbocycles. The number of hydrogen-bond acceptors (Lipinski definition) is 6. The molecule has 0 spiro atoms. The van der Waals surface area contributed by atoms with Gasteiger partial charge in [-0.05, 0) is 36.2 Å². The molecule has 7 nitrogen and oxygen atoms in total. The molecule has 2 aromatic heterocycles. The number of para-hydroxylation sites is 1. The summed E-state index contributed by atoms with van der Waals surface area (Å²) in [7, 11) is 0. The number of hydrogen-bond donors (Lipinski definition) is 1. The molecule has 0 unspecified atom stereocenters. The van der Waals surface area contributed by atoms with E-state index in [4.69, 9.17) is 0 Å². The lowest BCUT2D eigenvalue weighted by Gasteiger charge is -2.36. The maximum Gasteiger partial charge on any atom is 0.333 e. The number of fused-ring (bicyclic) bond motifs is 1. The lowest BCUT2D eigenvalue weighted by molar-refractivity contribution is 0.657. The first kappa shape index (κ1) is 21.0. The molecule has 0 amide bonds. The number of benzene rings is 2. The molecule has 0 atom stereocenters. The van der Waals surface area contributed by atoms with E-state index in [0.717, 1.165) is 47.7 Å². The molecule has 1 fully saturated rings. The van der Waals surface area contributed by atoms with E-state index in [9.17, 15) is 14.9 Å². The Bertz CT molecular complexity index is 1450. The third-order valence-electron chi connectivity index (χ3n) is 6.12. The summed E-state index contributed by atoms with van der Waals surface area (Å²) in [6.45, 7) is 5.14. The Morgan fingerprint density at radius 1 is 0.939 bits per heavy atom. The zero-order valence-corrected chi connectivity index (χ0v) is 19.1. The standard InChI is InChI=1S/C25H23N5O2S/c1-2-17-8-10-19(11-9-17)30-23(31)22-21(27-25(30)32)20(16-26)24(33-22)29-14-12-28(13-15-29)18-6-4-3-5-7-18/h3-11H,2,12-15H2,1H3,(H,27,32). The maximum absolute atomic E-state index is 13.3. The molecule has 0 radical (unpaired) electrons. The number of H-pyrrole nitrogens is 1. The first-order valence-corrected chi connectivity index (χ1v) is 11.8. The normalized spacial score (nSPS) is 13.9. The van der Waals surface area contributed by atoms with Gasteiger partial charge in [0.15, 0.2) is 0 Å². The van der Waals surface area contributed by atoms with E-state index < -0.39 is 11.2 Å². The van der Waals surface area contributed by atoms with Gasteiger partial charge in [-0.2, -0.15) is 5.26 Å². The molecule has 1 N–H and O–H groups in total. The monoisotopic (exact) mass is 457 g/mol. The van der Waals surface area contributed by atoms with Crippen LogP contribution in [0.3, 0.4) is 0 Å². The van der Waals surface area contributed by atoms with Gasteiger partial charge in [-0.25, -0.2) is 9.36 Å². The molecule has 2 aromatic carbocycles. The van der Waals surface area contributed by atoms with Gasteiger partial charge < -0.3 is 14.8 Å². The topological polar surface area (TPSA) is 85.1 Å². The average molecular weight is 458 g/mol. The molecule has 1 aliphatic rings. The quantitative estimate of drug-likeness (QED) is 0.507. The molecular weight excluding hydrogens is 434 g/mol. The molecule has 5 rings (SSSR count). The predicted molar refractivity (Wildman–Crippen MR) is 133 cm³/mol. The van der Waals surface area contributed by atoms with Crippen molar-refractivity contribution in [3.8, 4) is 11.8 Å². The van der Waals surface area contributed by atoms with Gasteiger partial charge in [-0.1, -0.05) is 37.3 Å². The van der Waals surface area contributed by atoms with Crippen molar-refractivity contribution in [3.05, 3.63) is 86.6 Å². The van der Waals surface area contributed by atoms with Gasteiger partial charge in [0.05, 0.1) is 11.2 Å². The van der Waals surface area contributed by atoms with Crippen molar-refractivity contribution in [1.29, 1.82) is 5.26 Å². The van der Waals surface area contributed by atoms with Crippen molar-refractivity contribution < 1.29 is 0 Å². The second kappa shape index (κ2) is 8.60. The molecule has 0 aliphatic carbocycles. The fraction of sp³-hybridized carbons (Fsp3) is 0.240. The van der Waals surface area contributed by atoms with Crippen LogP contribution in [0.2, 0.25) is 0 Å². The highest BCUT2D eigenvalue weighted by atomic mass is 32.1. The molecule has 1 saturated heterocycles. The Hall–Kier alpha value is -3.83. The second-order valence-corrected chi connectivity index (χ2v) is 9.00. The van der Waals surface area contributed by atoms with E-state index in [1.54, 1.807) is 12.1 Å². The fourth-order valence-electron chi connectivity index (χ4n) is 4.29. The van der Waals surface area contributed by atoms with Crippen molar-refractivity contribution in [3.63, 3.8) is 0 Å². The summed E-state index contributed by atoms with van der Waals surface area (Å²) in [6.07, 6.45) is 0.877. The molecule has 1 aliphatic heterocycles. The SMILES string of the molecule is CCc1ccc(-n2c(=O)[nH]c3c(C#N)c(N4CCN(c5ccccc5)CC4)sc3c2=O)cc1. The fourth-order valence-corrected chi connectivity index (χ4v) is 5.48. The number of aromatic nitrogens is 2. The first-order chi connectivity index (χ1) is 16.1. The summed E-state index contributed by atoms with van der Waals surface area (Å²) in [5.74, 6) is 0. The van der Waals surface area contributed by atoms with Gasteiger partial charge in [0.1, 0.15) is 21.3 Å². The predicted octanol–water partition coefficient (Wildman–Crippen LogP) is 3.50. The Kier molecular flexibility index (Phi) is 5.48. The highest BCUT2D eigenvalue weighted by molar-refractivity contribution is 7.23. The van der Waals surface area contributed by atoms with Gasteiger partial charge in [0.25, 0.3) is 5.56 Å². The van der Waals surface area contributed by atoms with Gasteiger partial charge in [-0.3, -0.25) is 4.79 Å². The van der Waals surface area contributed by atoms with E-state index in [0.29, 0.717) is 21.5 Å². The highest BCUT2D eigenvalue weighted by Gasteiger charge is 2.25. The van der Waals surface area contributed by atoms with Crippen LogP contribution < -0.4 is 21.0 Å². The van der Waals surface area contributed by atoms with Crippen LogP contribution in [-0.4, -0.2) is 35.7 Å². The van der Waals surface area contributed by atoms with Crippen LogP contribution in [0, 0.1) is 11.3 Å². The Morgan fingerprint density at radius 2 is 1.61 bits per heavy atom. The van der Waals surface area contributed by atoms with E-state index in [2.05, 4.69) is 39.9 Å². The largest absolute Gasteiger partial charge is 0.368 e. The molecular formula is C25H23N5O2S. The Morgan fingerprint density at radius 3 is 2.24 bits per heavy atom.